The summed E-state index contributed by atoms with van der Waals surface area (Å²) in [5, 5.41) is 57.6. The molecule has 8 rings (SSSR count). The van der Waals surface area contributed by atoms with Crippen LogP contribution in [0.15, 0.2) is 60.2 Å². The molecule has 4 aliphatic carbocycles. The number of fused-ring (bicyclic) bond motifs is 5. The lowest BCUT2D eigenvalue weighted by molar-refractivity contribution is -0.384. The van der Waals surface area contributed by atoms with Crippen LogP contribution in [0, 0.1) is 63.4 Å². The number of esters is 1. The van der Waals surface area contributed by atoms with Crippen molar-refractivity contribution >= 4 is 23.6 Å². The van der Waals surface area contributed by atoms with Gasteiger partial charge in [-0.3, -0.25) is 14.9 Å². The molecule has 3 saturated carbocycles. The monoisotopic (exact) mass is 977 g/mol. The van der Waals surface area contributed by atoms with E-state index in [1.807, 2.05) is 13.8 Å². The summed E-state index contributed by atoms with van der Waals surface area (Å²) in [5.74, 6) is -1.51. The second kappa shape index (κ2) is 20.7. The molecule has 0 radical (unpaired) electrons. The molecule has 2 aliphatic heterocycles. The lowest BCUT2D eigenvalue weighted by atomic mass is 9.46. The molecule has 4 N–H and O–H groups in total. The molecule has 17 heteroatoms. The number of non-ortho nitro benzene ring substituents is 1. The second-order valence-corrected chi connectivity index (χ2v) is 21.8. The minimum absolute atomic E-state index is 0.0346. The maximum absolute atomic E-state index is 14.2. The predicted octanol–water partition coefficient (Wildman–Crippen LogP) is 7.16. The van der Waals surface area contributed by atoms with Crippen molar-refractivity contribution in [1.29, 1.82) is 0 Å². The van der Waals surface area contributed by atoms with Crippen molar-refractivity contribution in [3.63, 3.8) is 0 Å². The zero-order valence-corrected chi connectivity index (χ0v) is 41.3. The summed E-state index contributed by atoms with van der Waals surface area (Å²) in [4.78, 5) is 50.9. The quantitative estimate of drug-likeness (QED) is 0.0483. The molecule has 6 aliphatic rings. The standard InChI is InChI=1S/C53H71NO16/c1-28(2)8-19-40(55)31(5)53(61)43(68-48-30(4)45(42(57)27-64-48)70-49-46(44(58)41(56)26-65-49)69-47(59)32-11-9-29(3)10-12-32)25-39-37-18-13-33-24-36(20-22-51(33,6)38(37)21-23-52(39,53)7)67-50(60)66-35-16-14-34(15-17-35)54(62)63/h9-17,28,30-31,36-39,41-46,48-49,56-58,61H,8,18-27H2,1-7H3/t30?,31-,36+,37-,38?,39+,41?,42?,43+,44?,45?,46?,48?,49?,51+,52+,53-/m1/s1. The zero-order chi connectivity index (χ0) is 50.4. The average Bonchev–Trinajstić information content (AvgIpc) is 3.55. The van der Waals surface area contributed by atoms with Gasteiger partial charge in [-0.15, -0.1) is 0 Å². The third kappa shape index (κ3) is 9.93. The fourth-order valence-corrected chi connectivity index (χ4v) is 13.0. The highest BCUT2D eigenvalue weighted by molar-refractivity contribution is 5.89. The predicted molar refractivity (Wildman–Crippen MR) is 251 cm³/mol. The molecule has 2 saturated heterocycles. The van der Waals surface area contributed by atoms with Gasteiger partial charge in [-0.2, -0.15) is 0 Å². The number of carbonyl (C=O) groups excluding carboxylic acids is 3. The molecule has 0 bridgehead atoms. The number of aryl methyl sites for hydroxylation is 1. The molecule has 2 aromatic rings. The molecule has 0 spiro atoms. The van der Waals surface area contributed by atoms with Gasteiger partial charge >= 0.3 is 12.1 Å². The fourth-order valence-electron chi connectivity index (χ4n) is 13.0. The van der Waals surface area contributed by atoms with Crippen LogP contribution in [0.4, 0.5) is 10.5 Å². The Balaban J connectivity index is 1.00. The zero-order valence-electron chi connectivity index (χ0n) is 41.3. The molecule has 0 aromatic heterocycles. The first-order valence-electron chi connectivity index (χ1n) is 25.1. The van der Waals surface area contributed by atoms with Crippen molar-refractivity contribution in [3.05, 3.63) is 81.4 Å². The number of ether oxygens (including phenoxy) is 7. The largest absolute Gasteiger partial charge is 0.514 e. The number of nitro benzene ring substituents is 1. The van der Waals surface area contributed by atoms with E-state index in [9.17, 15) is 44.9 Å². The summed E-state index contributed by atoms with van der Waals surface area (Å²) in [6.45, 7) is 13.5. The number of aliphatic hydroxyl groups is 4. The molecule has 2 aromatic carbocycles. The van der Waals surface area contributed by atoms with Crippen molar-refractivity contribution in [2.24, 2.45) is 46.3 Å². The van der Waals surface area contributed by atoms with Crippen LogP contribution in [0.3, 0.4) is 0 Å². The van der Waals surface area contributed by atoms with E-state index in [-0.39, 0.29) is 65.1 Å². The minimum atomic E-state index is -1.60. The Kier molecular flexibility index (Phi) is 15.3. The Morgan fingerprint density at radius 3 is 2.24 bits per heavy atom. The molecule has 17 atom stereocenters. The van der Waals surface area contributed by atoms with Crippen LogP contribution in [0.2, 0.25) is 0 Å². The van der Waals surface area contributed by atoms with E-state index in [0.717, 1.165) is 24.8 Å². The number of benzene rings is 2. The number of rotatable bonds is 14. The van der Waals surface area contributed by atoms with E-state index in [0.29, 0.717) is 38.5 Å². The highest BCUT2D eigenvalue weighted by atomic mass is 16.7. The summed E-state index contributed by atoms with van der Waals surface area (Å²) in [5.41, 5.74) is -0.277. The van der Waals surface area contributed by atoms with Gasteiger partial charge in [0.1, 0.15) is 41.5 Å². The topological polar surface area (TPSA) is 240 Å². The number of ketones is 1. The molecule has 70 heavy (non-hydrogen) atoms. The van der Waals surface area contributed by atoms with Crippen molar-refractivity contribution < 1.29 is 72.9 Å². The SMILES string of the molecule is Cc1ccc(C(=O)OC2C(OC3C(O)COC(O[C@H]4C[C@H]5[C@@H]6CC=C7C[C@@H](OC(=O)Oc8ccc([N+](=O)[O-])cc8)CC[C@]7(C)C6CC[C@]5(C)[C@@]4(O)[C@H](C)C(=O)CCC(C)C)C3C)OCC(O)C2O)cc1. The van der Waals surface area contributed by atoms with Crippen molar-refractivity contribution in [1.82, 2.24) is 0 Å². The third-order valence-electron chi connectivity index (χ3n) is 17.3. The van der Waals surface area contributed by atoms with E-state index in [1.54, 1.807) is 31.2 Å². The minimum Gasteiger partial charge on any atom is -0.450 e. The fraction of sp³-hybridized carbons (Fsp3) is 0.679. The average molecular weight is 978 g/mol. The molecule has 384 valence electrons. The van der Waals surface area contributed by atoms with E-state index in [1.165, 1.54) is 29.8 Å². The van der Waals surface area contributed by atoms with Gasteiger partial charge in [0.25, 0.3) is 5.69 Å². The first-order valence-corrected chi connectivity index (χ1v) is 25.1. The van der Waals surface area contributed by atoms with E-state index >= 15 is 0 Å². The summed E-state index contributed by atoms with van der Waals surface area (Å²) < 4.78 is 42.3. The molecule has 2 heterocycles. The molecular weight excluding hydrogens is 907 g/mol. The summed E-state index contributed by atoms with van der Waals surface area (Å²) in [6, 6.07) is 11.9. The Bertz CT molecular complexity index is 2250. The Hall–Kier alpha value is -4.33. The Labute approximate surface area is 409 Å². The van der Waals surface area contributed by atoms with Gasteiger partial charge in [0.05, 0.1) is 35.9 Å². The molecule has 5 fully saturated rings. The van der Waals surface area contributed by atoms with Crippen LogP contribution in [-0.4, -0.2) is 117 Å². The van der Waals surface area contributed by atoms with E-state index in [4.69, 9.17) is 33.2 Å². The maximum atomic E-state index is 14.2. The van der Waals surface area contributed by atoms with Crippen LogP contribution in [0.25, 0.3) is 0 Å². The van der Waals surface area contributed by atoms with Crippen LogP contribution in [-0.2, 0) is 33.2 Å². The van der Waals surface area contributed by atoms with E-state index < -0.39 is 95.2 Å². The van der Waals surface area contributed by atoms with Gasteiger partial charge in [-0.05, 0) is 105 Å². The highest BCUT2D eigenvalue weighted by Crippen LogP contribution is 2.69. The summed E-state index contributed by atoms with van der Waals surface area (Å²) >= 11 is 0. The number of aliphatic hydroxyl groups excluding tert-OH is 3. The molecule has 9 unspecified atom stereocenters. The van der Waals surface area contributed by atoms with Crippen LogP contribution in [0.1, 0.15) is 115 Å². The number of carbonyl (C=O) groups is 3. The Morgan fingerprint density at radius 1 is 0.871 bits per heavy atom. The number of nitro groups is 1. The van der Waals surface area contributed by atoms with Crippen molar-refractivity contribution in [2.45, 2.75) is 167 Å². The first-order chi connectivity index (χ1) is 33.1. The first kappa shape index (κ1) is 52.0. The number of allylic oxidation sites excluding steroid dienone is 1. The van der Waals surface area contributed by atoms with Gasteiger partial charge in [-0.25, -0.2) is 9.59 Å². The third-order valence-corrected chi connectivity index (χ3v) is 17.3. The van der Waals surface area contributed by atoms with Gasteiger partial charge < -0.3 is 53.6 Å². The number of nitrogens with zero attached hydrogens (tertiary/aromatic N) is 1. The maximum Gasteiger partial charge on any atom is 0.514 e. The second-order valence-electron chi connectivity index (χ2n) is 21.8. The number of Topliss-reactive ketones (excluding diaryl/α,β-unsaturated/α-hetero) is 1. The van der Waals surface area contributed by atoms with Crippen molar-refractivity contribution in [3.8, 4) is 5.75 Å². The van der Waals surface area contributed by atoms with Gasteiger partial charge in [-0.1, -0.05) is 70.9 Å². The molecule has 0 amide bonds. The van der Waals surface area contributed by atoms with Crippen LogP contribution < -0.4 is 4.74 Å². The van der Waals surface area contributed by atoms with Crippen LogP contribution >= 0.6 is 0 Å². The smallest absolute Gasteiger partial charge is 0.450 e. The summed E-state index contributed by atoms with van der Waals surface area (Å²) in [6.07, 6.45) is -3.33. The number of hydrogen-bond acceptors (Lipinski definition) is 16. The van der Waals surface area contributed by atoms with Gasteiger partial charge in [0.2, 0.25) is 0 Å². The number of hydrogen-bond donors (Lipinski definition) is 4. The lowest BCUT2D eigenvalue weighted by Gasteiger charge is -2.59. The molecular formula is C53H71NO16. The Morgan fingerprint density at radius 2 is 1.56 bits per heavy atom. The molecule has 17 nitrogen and oxygen atoms in total. The normalized spacial score (nSPS) is 38.6. The highest BCUT2D eigenvalue weighted by Gasteiger charge is 2.70. The lowest BCUT2D eigenvalue weighted by Crippen LogP contribution is -2.62. The van der Waals surface area contributed by atoms with Gasteiger partial charge in [0.15, 0.2) is 18.7 Å². The van der Waals surface area contributed by atoms with Crippen molar-refractivity contribution in [2.75, 3.05) is 13.2 Å². The van der Waals surface area contributed by atoms with Gasteiger partial charge in [0, 0.05) is 42.2 Å². The van der Waals surface area contributed by atoms with E-state index in [2.05, 4.69) is 33.8 Å². The summed E-state index contributed by atoms with van der Waals surface area (Å²) in [7, 11) is 0. The van der Waals surface area contributed by atoms with Crippen LogP contribution in [0.5, 0.6) is 5.75 Å².